The summed E-state index contributed by atoms with van der Waals surface area (Å²) in [4.78, 5) is 0. The zero-order valence-electron chi connectivity index (χ0n) is 9.15. The van der Waals surface area contributed by atoms with Crippen molar-refractivity contribution in [1.29, 1.82) is 5.26 Å². The number of methoxy groups -OCH3 is 2. The van der Waals surface area contributed by atoms with Crippen LogP contribution in [0.15, 0.2) is 30.3 Å². The molecule has 0 spiro atoms. The SMILES string of the molecule is COc1cc(C#N)c(OC)c2ccccc12. The Morgan fingerprint density at radius 3 is 2.31 bits per heavy atom. The molecule has 0 N–H and O–H groups in total. The molecule has 0 radical (unpaired) electrons. The van der Waals surface area contributed by atoms with Crippen molar-refractivity contribution in [1.82, 2.24) is 0 Å². The molecule has 0 aliphatic rings. The Morgan fingerprint density at radius 1 is 1.06 bits per heavy atom. The normalized spacial score (nSPS) is 9.81. The van der Waals surface area contributed by atoms with Crippen LogP contribution in [0.1, 0.15) is 5.56 Å². The number of rotatable bonds is 2. The van der Waals surface area contributed by atoms with Gasteiger partial charge >= 0.3 is 0 Å². The number of hydrogen-bond donors (Lipinski definition) is 0. The number of nitrogens with zero attached hydrogens (tertiary/aromatic N) is 1. The first-order chi connectivity index (χ1) is 7.81. The number of nitriles is 1. The maximum Gasteiger partial charge on any atom is 0.144 e. The Balaban J connectivity index is 2.90. The highest BCUT2D eigenvalue weighted by Gasteiger charge is 2.12. The maximum atomic E-state index is 9.04. The van der Waals surface area contributed by atoms with Crippen molar-refractivity contribution < 1.29 is 9.47 Å². The van der Waals surface area contributed by atoms with Crippen molar-refractivity contribution in [3.05, 3.63) is 35.9 Å². The van der Waals surface area contributed by atoms with Gasteiger partial charge in [0.05, 0.1) is 19.8 Å². The van der Waals surface area contributed by atoms with Crippen molar-refractivity contribution in [2.24, 2.45) is 0 Å². The van der Waals surface area contributed by atoms with Gasteiger partial charge in [0, 0.05) is 16.8 Å². The van der Waals surface area contributed by atoms with Crippen LogP contribution < -0.4 is 9.47 Å². The standard InChI is InChI=1S/C13H11NO2/c1-15-12-7-9(8-14)13(16-2)11-6-4-3-5-10(11)12/h3-7H,1-2H3. The fourth-order valence-corrected chi connectivity index (χ4v) is 1.79. The number of fused-ring (bicyclic) bond motifs is 1. The Bertz CT molecular complexity index is 570. The van der Waals surface area contributed by atoms with Gasteiger partial charge in [-0.25, -0.2) is 0 Å². The minimum absolute atomic E-state index is 0.484. The Hall–Kier alpha value is -2.21. The monoisotopic (exact) mass is 213 g/mol. The average Bonchev–Trinajstić information content (AvgIpc) is 2.36. The Kier molecular flexibility index (Phi) is 2.65. The molecule has 3 nitrogen and oxygen atoms in total. The van der Waals surface area contributed by atoms with E-state index in [2.05, 4.69) is 6.07 Å². The van der Waals surface area contributed by atoms with Crippen molar-refractivity contribution in [2.75, 3.05) is 14.2 Å². The highest BCUT2D eigenvalue weighted by Crippen LogP contribution is 2.35. The average molecular weight is 213 g/mol. The molecule has 2 aromatic carbocycles. The number of hydrogen-bond acceptors (Lipinski definition) is 3. The minimum atomic E-state index is 0.484. The van der Waals surface area contributed by atoms with Crippen molar-refractivity contribution in [3.63, 3.8) is 0 Å². The third-order valence-electron chi connectivity index (χ3n) is 2.50. The lowest BCUT2D eigenvalue weighted by atomic mass is 10.0. The molecule has 0 saturated heterocycles. The number of ether oxygens (including phenoxy) is 2. The molecule has 0 unspecified atom stereocenters. The molecular formula is C13H11NO2. The topological polar surface area (TPSA) is 42.2 Å². The minimum Gasteiger partial charge on any atom is -0.496 e. The second-order valence-corrected chi connectivity index (χ2v) is 3.32. The number of benzene rings is 2. The molecule has 0 aliphatic heterocycles. The third kappa shape index (κ3) is 1.45. The predicted octanol–water partition coefficient (Wildman–Crippen LogP) is 2.73. The van der Waals surface area contributed by atoms with E-state index in [1.165, 1.54) is 0 Å². The highest BCUT2D eigenvalue weighted by molar-refractivity contribution is 5.95. The summed E-state index contributed by atoms with van der Waals surface area (Å²) in [5.74, 6) is 1.28. The van der Waals surface area contributed by atoms with Crippen molar-refractivity contribution >= 4 is 10.8 Å². The van der Waals surface area contributed by atoms with Crippen LogP contribution in [0.2, 0.25) is 0 Å². The zero-order chi connectivity index (χ0) is 11.5. The highest BCUT2D eigenvalue weighted by atomic mass is 16.5. The molecular weight excluding hydrogens is 202 g/mol. The van der Waals surface area contributed by atoms with Gasteiger partial charge in [0.25, 0.3) is 0 Å². The van der Waals surface area contributed by atoms with Crippen LogP contribution in [0.5, 0.6) is 11.5 Å². The summed E-state index contributed by atoms with van der Waals surface area (Å²) in [6.07, 6.45) is 0. The molecule has 0 bridgehead atoms. The molecule has 0 amide bonds. The molecule has 16 heavy (non-hydrogen) atoms. The van der Waals surface area contributed by atoms with E-state index < -0.39 is 0 Å². The summed E-state index contributed by atoms with van der Waals surface area (Å²) in [6, 6.07) is 11.5. The fraction of sp³-hybridized carbons (Fsp3) is 0.154. The van der Waals surface area contributed by atoms with Gasteiger partial charge in [0.15, 0.2) is 0 Å². The second-order valence-electron chi connectivity index (χ2n) is 3.32. The van der Waals surface area contributed by atoms with Crippen LogP contribution >= 0.6 is 0 Å². The molecule has 2 aromatic rings. The van der Waals surface area contributed by atoms with E-state index in [0.29, 0.717) is 17.1 Å². The fourth-order valence-electron chi connectivity index (χ4n) is 1.79. The molecule has 2 rings (SSSR count). The van der Waals surface area contributed by atoms with Gasteiger partial charge in [-0.05, 0) is 0 Å². The summed E-state index contributed by atoms with van der Waals surface area (Å²) in [5.41, 5.74) is 0.484. The van der Waals surface area contributed by atoms with E-state index in [9.17, 15) is 0 Å². The van der Waals surface area contributed by atoms with Crippen LogP contribution in [-0.4, -0.2) is 14.2 Å². The summed E-state index contributed by atoms with van der Waals surface area (Å²) < 4.78 is 10.5. The smallest absolute Gasteiger partial charge is 0.144 e. The zero-order valence-corrected chi connectivity index (χ0v) is 9.15. The van der Waals surface area contributed by atoms with Gasteiger partial charge in [-0.1, -0.05) is 24.3 Å². The van der Waals surface area contributed by atoms with E-state index in [1.807, 2.05) is 24.3 Å². The molecule has 0 saturated carbocycles. The summed E-state index contributed by atoms with van der Waals surface area (Å²) in [6.45, 7) is 0. The third-order valence-corrected chi connectivity index (χ3v) is 2.50. The van der Waals surface area contributed by atoms with Crippen LogP contribution in [-0.2, 0) is 0 Å². The van der Waals surface area contributed by atoms with Gasteiger partial charge in [0.1, 0.15) is 17.6 Å². The molecule has 80 valence electrons. The van der Waals surface area contributed by atoms with Gasteiger partial charge in [0.2, 0.25) is 0 Å². The first kappa shape index (κ1) is 10.3. The molecule has 0 heterocycles. The molecule has 0 aliphatic carbocycles. The van der Waals surface area contributed by atoms with Gasteiger partial charge in [-0.2, -0.15) is 5.26 Å². The second kappa shape index (κ2) is 4.11. The summed E-state index contributed by atoms with van der Waals surface area (Å²) in [5, 5.41) is 10.9. The van der Waals surface area contributed by atoms with Crippen LogP contribution in [0.4, 0.5) is 0 Å². The van der Waals surface area contributed by atoms with E-state index in [4.69, 9.17) is 14.7 Å². The first-order valence-electron chi connectivity index (χ1n) is 4.85. The van der Waals surface area contributed by atoms with Crippen LogP contribution in [0.25, 0.3) is 10.8 Å². The largest absolute Gasteiger partial charge is 0.496 e. The predicted molar refractivity (Wildman–Crippen MR) is 61.8 cm³/mol. The maximum absolute atomic E-state index is 9.04. The molecule has 3 heteroatoms. The van der Waals surface area contributed by atoms with Gasteiger partial charge < -0.3 is 9.47 Å². The van der Waals surface area contributed by atoms with E-state index >= 15 is 0 Å². The summed E-state index contributed by atoms with van der Waals surface area (Å²) >= 11 is 0. The van der Waals surface area contributed by atoms with Crippen LogP contribution in [0, 0.1) is 11.3 Å². The lowest BCUT2D eigenvalue weighted by molar-refractivity contribution is 0.409. The quantitative estimate of drug-likeness (QED) is 0.770. The van der Waals surface area contributed by atoms with Gasteiger partial charge in [-0.3, -0.25) is 0 Å². The van der Waals surface area contributed by atoms with E-state index in [1.54, 1.807) is 20.3 Å². The first-order valence-corrected chi connectivity index (χ1v) is 4.85. The lowest BCUT2D eigenvalue weighted by Crippen LogP contribution is -1.93. The summed E-state index contributed by atoms with van der Waals surface area (Å²) in [7, 11) is 3.16. The molecule has 0 aromatic heterocycles. The van der Waals surface area contributed by atoms with Crippen LogP contribution in [0.3, 0.4) is 0 Å². The van der Waals surface area contributed by atoms with E-state index in [-0.39, 0.29) is 0 Å². The molecule has 0 atom stereocenters. The Labute approximate surface area is 93.8 Å². The van der Waals surface area contributed by atoms with Crippen molar-refractivity contribution in [2.45, 2.75) is 0 Å². The van der Waals surface area contributed by atoms with E-state index in [0.717, 1.165) is 10.8 Å². The van der Waals surface area contributed by atoms with Gasteiger partial charge in [-0.15, -0.1) is 0 Å². The Morgan fingerprint density at radius 2 is 1.75 bits per heavy atom. The van der Waals surface area contributed by atoms with Crippen molar-refractivity contribution in [3.8, 4) is 17.6 Å². The lowest BCUT2D eigenvalue weighted by Gasteiger charge is -2.11. The molecule has 0 fully saturated rings.